The number of nitrogens with zero attached hydrogens (tertiary/aromatic N) is 4. The Hall–Kier alpha value is -1.26. The standard InChI is InChI=1S/C16H19BrN4OS/c17-14-9-13(10-18)15(19-11-14)20-3-1-12(2-4-20)16(22)21-5-7-23-8-6-21/h9,11-12H,1-8H2. The van der Waals surface area contributed by atoms with Crippen molar-refractivity contribution in [3.05, 3.63) is 22.3 Å². The molecule has 0 atom stereocenters. The molecule has 0 N–H and O–H groups in total. The number of hydrogen-bond donors (Lipinski definition) is 0. The number of aromatic nitrogens is 1. The van der Waals surface area contributed by atoms with Crippen molar-refractivity contribution in [3.8, 4) is 6.07 Å². The highest BCUT2D eigenvalue weighted by Gasteiger charge is 2.30. The molecule has 3 heterocycles. The summed E-state index contributed by atoms with van der Waals surface area (Å²) in [4.78, 5) is 21.1. The Labute approximate surface area is 149 Å². The highest BCUT2D eigenvalue weighted by molar-refractivity contribution is 9.10. The lowest BCUT2D eigenvalue weighted by Crippen LogP contribution is -2.45. The van der Waals surface area contributed by atoms with Gasteiger partial charge in [0.25, 0.3) is 0 Å². The van der Waals surface area contributed by atoms with Gasteiger partial charge in [0.1, 0.15) is 11.9 Å². The number of nitriles is 1. The van der Waals surface area contributed by atoms with Gasteiger partial charge in [-0.25, -0.2) is 4.98 Å². The van der Waals surface area contributed by atoms with Crippen LogP contribution in [0.3, 0.4) is 0 Å². The first-order valence-corrected chi connectivity index (χ1v) is 9.81. The second-order valence-electron chi connectivity index (χ2n) is 5.84. The number of carbonyl (C=O) groups excluding carboxylic acids is 1. The SMILES string of the molecule is N#Cc1cc(Br)cnc1N1CCC(C(=O)N2CCSCC2)CC1. The summed E-state index contributed by atoms with van der Waals surface area (Å²) in [5.41, 5.74) is 0.581. The summed E-state index contributed by atoms with van der Waals surface area (Å²) in [6.45, 7) is 3.33. The number of piperidine rings is 1. The predicted molar refractivity (Wildman–Crippen MR) is 95.5 cm³/mol. The van der Waals surface area contributed by atoms with Crippen molar-refractivity contribution in [2.45, 2.75) is 12.8 Å². The van der Waals surface area contributed by atoms with E-state index in [1.807, 2.05) is 16.7 Å². The Morgan fingerprint density at radius 1 is 1.30 bits per heavy atom. The fraction of sp³-hybridized carbons (Fsp3) is 0.562. The Bertz CT molecular complexity index is 619. The van der Waals surface area contributed by atoms with Gasteiger partial charge in [-0.1, -0.05) is 0 Å². The molecule has 122 valence electrons. The maximum absolute atomic E-state index is 12.6. The average Bonchev–Trinajstić information content (AvgIpc) is 2.62. The van der Waals surface area contributed by atoms with Gasteiger partial charge in [0, 0.05) is 54.3 Å². The molecule has 0 aromatic carbocycles. The van der Waals surface area contributed by atoms with Crippen molar-refractivity contribution in [1.29, 1.82) is 5.26 Å². The van der Waals surface area contributed by atoms with E-state index in [4.69, 9.17) is 0 Å². The Kier molecular flexibility index (Phi) is 5.44. The molecule has 7 heteroatoms. The molecule has 2 saturated heterocycles. The zero-order valence-electron chi connectivity index (χ0n) is 12.9. The number of thioether (sulfide) groups is 1. The molecular weight excluding hydrogens is 376 g/mol. The molecule has 23 heavy (non-hydrogen) atoms. The van der Waals surface area contributed by atoms with Gasteiger partial charge in [-0.15, -0.1) is 0 Å². The fourth-order valence-electron chi connectivity index (χ4n) is 3.15. The van der Waals surface area contributed by atoms with E-state index in [-0.39, 0.29) is 5.92 Å². The average molecular weight is 395 g/mol. The van der Waals surface area contributed by atoms with Crippen molar-refractivity contribution >= 4 is 39.4 Å². The second kappa shape index (κ2) is 7.54. The number of halogens is 1. The Morgan fingerprint density at radius 2 is 2.00 bits per heavy atom. The maximum Gasteiger partial charge on any atom is 0.225 e. The van der Waals surface area contributed by atoms with E-state index in [9.17, 15) is 10.1 Å². The topological polar surface area (TPSA) is 60.2 Å². The Balaban J connectivity index is 1.62. The minimum absolute atomic E-state index is 0.121. The molecule has 0 spiro atoms. The molecular formula is C16H19BrN4OS. The first-order valence-electron chi connectivity index (χ1n) is 7.86. The zero-order valence-corrected chi connectivity index (χ0v) is 15.3. The van der Waals surface area contributed by atoms with E-state index in [0.29, 0.717) is 11.5 Å². The van der Waals surface area contributed by atoms with Gasteiger partial charge in [-0.05, 0) is 34.8 Å². The van der Waals surface area contributed by atoms with Crippen molar-refractivity contribution in [2.75, 3.05) is 42.6 Å². The minimum atomic E-state index is 0.121. The third-order valence-corrected chi connectivity index (χ3v) is 5.80. The van der Waals surface area contributed by atoms with Crippen LogP contribution in [-0.2, 0) is 4.79 Å². The van der Waals surface area contributed by atoms with Crippen LogP contribution in [0, 0.1) is 17.2 Å². The first kappa shape index (κ1) is 16.6. The van der Waals surface area contributed by atoms with Gasteiger partial charge in [0.15, 0.2) is 0 Å². The van der Waals surface area contributed by atoms with Gasteiger partial charge in [0.05, 0.1) is 5.56 Å². The van der Waals surface area contributed by atoms with Gasteiger partial charge in [0.2, 0.25) is 5.91 Å². The van der Waals surface area contributed by atoms with E-state index in [2.05, 4.69) is 31.9 Å². The largest absolute Gasteiger partial charge is 0.355 e. The number of anilines is 1. The van der Waals surface area contributed by atoms with Crippen LogP contribution in [0.2, 0.25) is 0 Å². The molecule has 3 rings (SSSR count). The molecule has 1 aromatic rings. The van der Waals surface area contributed by atoms with Crippen LogP contribution in [0.1, 0.15) is 18.4 Å². The van der Waals surface area contributed by atoms with Gasteiger partial charge in [-0.2, -0.15) is 17.0 Å². The molecule has 0 aliphatic carbocycles. The van der Waals surface area contributed by atoms with Crippen molar-refractivity contribution in [1.82, 2.24) is 9.88 Å². The summed E-state index contributed by atoms with van der Waals surface area (Å²) < 4.78 is 0.811. The molecule has 1 amide bonds. The molecule has 1 aromatic heterocycles. The summed E-state index contributed by atoms with van der Waals surface area (Å²) in [7, 11) is 0. The van der Waals surface area contributed by atoms with Gasteiger partial charge >= 0.3 is 0 Å². The lowest BCUT2D eigenvalue weighted by Gasteiger charge is -2.36. The summed E-state index contributed by atoms with van der Waals surface area (Å²) in [5.74, 6) is 3.28. The molecule has 0 bridgehead atoms. The normalized spacial score (nSPS) is 19.5. The van der Waals surface area contributed by atoms with Crippen LogP contribution in [-0.4, -0.2) is 53.5 Å². The summed E-state index contributed by atoms with van der Waals surface area (Å²) >= 11 is 5.27. The lowest BCUT2D eigenvalue weighted by atomic mass is 9.95. The third-order valence-electron chi connectivity index (χ3n) is 4.42. The lowest BCUT2D eigenvalue weighted by molar-refractivity contribution is -0.135. The number of carbonyl (C=O) groups is 1. The van der Waals surface area contributed by atoms with Crippen LogP contribution in [0.5, 0.6) is 0 Å². The second-order valence-corrected chi connectivity index (χ2v) is 7.98. The smallest absolute Gasteiger partial charge is 0.225 e. The summed E-state index contributed by atoms with van der Waals surface area (Å²) in [6, 6.07) is 4.00. The number of rotatable bonds is 2. The van der Waals surface area contributed by atoms with Gasteiger partial charge < -0.3 is 9.80 Å². The van der Waals surface area contributed by atoms with Crippen LogP contribution in [0.25, 0.3) is 0 Å². The fourth-order valence-corrected chi connectivity index (χ4v) is 4.38. The van der Waals surface area contributed by atoms with E-state index in [1.165, 1.54) is 0 Å². The minimum Gasteiger partial charge on any atom is -0.355 e. The van der Waals surface area contributed by atoms with Crippen LogP contribution in [0.4, 0.5) is 5.82 Å². The van der Waals surface area contributed by atoms with Gasteiger partial charge in [-0.3, -0.25) is 4.79 Å². The van der Waals surface area contributed by atoms with E-state index < -0.39 is 0 Å². The third kappa shape index (κ3) is 3.81. The van der Waals surface area contributed by atoms with Crippen molar-refractivity contribution in [2.24, 2.45) is 5.92 Å². The maximum atomic E-state index is 12.6. The molecule has 2 aliphatic rings. The Morgan fingerprint density at radius 3 is 2.65 bits per heavy atom. The number of pyridine rings is 1. The quantitative estimate of drug-likeness (QED) is 0.770. The molecule has 2 aliphatic heterocycles. The summed E-state index contributed by atoms with van der Waals surface area (Å²) in [6.07, 6.45) is 3.40. The predicted octanol–water partition coefficient (Wildman–Crippen LogP) is 2.51. The first-order chi connectivity index (χ1) is 11.2. The molecule has 5 nitrogen and oxygen atoms in total. The molecule has 0 saturated carbocycles. The van der Waals surface area contributed by atoms with E-state index in [1.54, 1.807) is 12.3 Å². The van der Waals surface area contributed by atoms with Crippen LogP contribution < -0.4 is 4.90 Å². The van der Waals surface area contributed by atoms with E-state index in [0.717, 1.165) is 60.8 Å². The number of amides is 1. The van der Waals surface area contributed by atoms with Crippen molar-refractivity contribution < 1.29 is 4.79 Å². The highest BCUT2D eigenvalue weighted by atomic mass is 79.9. The monoisotopic (exact) mass is 394 g/mol. The highest BCUT2D eigenvalue weighted by Crippen LogP contribution is 2.27. The van der Waals surface area contributed by atoms with E-state index >= 15 is 0 Å². The van der Waals surface area contributed by atoms with Crippen molar-refractivity contribution in [3.63, 3.8) is 0 Å². The summed E-state index contributed by atoms with van der Waals surface area (Å²) in [5, 5.41) is 9.28. The van der Waals surface area contributed by atoms with Crippen LogP contribution in [0.15, 0.2) is 16.7 Å². The molecule has 0 unspecified atom stereocenters. The zero-order chi connectivity index (χ0) is 16.2. The molecule has 2 fully saturated rings. The molecule has 0 radical (unpaired) electrons. The van der Waals surface area contributed by atoms with Crippen LogP contribution >= 0.6 is 27.7 Å². The number of hydrogen-bond acceptors (Lipinski definition) is 5.